The quantitative estimate of drug-likeness (QED) is 0.381. The summed E-state index contributed by atoms with van der Waals surface area (Å²) < 4.78 is 51.4. The largest absolute Gasteiger partial charge is 0.407 e. The molecule has 1 fully saturated rings. The number of anilines is 2. The van der Waals surface area contributed by atoms with E-state index in [0.717, 1.165) is 18.6 Å². The van der Waals surface area contributed by atoms with Crippen LogP contribution in [-0.4, -0.2) is 54.4 Å². The van der Waals surface area contributed by atoms with E-state index in [1.807, 2.05) is 0 Å². The van der Waals surface area contributed by atoms with Crippen LogP contribution in [0.5, 0.6) is 0 Å². The number of allylic oxidation sites excluding steroid dienone is 1. The summed E-state index contributed by atoms with van der Waals surface area (Å²) in [6.07, 6.45) is -0.430. The van der Waals surface area contributed by atoms with Gasteiger partial charge in [0.1, 0.15) is 18.5 Å². The normalized spacial score (nSPS) is 19.8. The minimum Gasteiger partial charge on any atom is -0.404 e. The Balaban J connectivity index is 1.85. The van der Waals surface area contributed by atoms with E-state index in [4.69, 9.17) is 11.1 Å². The molecule has 1 aliphatic heterocycles. The van der Waals surface area contributed by atoms with Crippen molar-refractivity contribution < 1.29 is 17.6 Å². The molecule has 0 radical (unpaired) electrons. The van der Waals surface area contributed by atoms with Gasteiger partial charge >= 0.3 is 6.18 Å². The molecule has 1 aliphatic rings. The Morgan fingerprint density at radius 3 is 2.88 bits per heavy atom. The minimum atomic E-state index is -4.43. The Morgan fingerprint density at radius 1 is 1.38 bits per heavy atom. The van der Waals surface area contributed by atoms with Crippen molar-refractivity contribution in [2.45, 2.75) is 24.7 Å². The molecule has 7 nitrogen and oxygen atoms in total. The monoisotopic (exact) mass is 449 g/mol. The number of hydrogen-bond acceptors (Lipinski definition) is 7. The summed E-state index contributed by atoms with van der Waals surface area (Å²) in [5.74, 6) is 0.0712. The second-order valence-electron chi connectivity index (χ2n) is 7.20. The van der Waals surface area contributed by atoms with E-state index >= 15 is 0 Å². The van der Waals surface area contributed by atoms with Gasteiger partial charge in [0, 0.05) is 48.4 Å². The number of piperidine rings is 1. The highest BCUT2D eigenvalue weighted by Gasteiger charge is 2.27. The third-order valence-corrected chi connectivity index (χ3v) is 4.88. The Labute approximate surface area is 182 Å². The molecular weight excluding hydrogens is 426 g/mol. The van der Waals surface area contributed by atoms with Crippen LogP contribution in [0.15, 0.2) is 41.7 Å². The molecular formula is C21H23F4N7. The molecule has 2 atom stereocenters. The summed E-state index contributed by atoms with van der Waals surface area (Å²) in [6, 6.07) is 6.75. The summed E-state index contributed by atoms with van der Waals surface area (Å²) in [7, 11) is 0. The van der Waals surface area contributed by atoms with Crippen LogP contribution < -0.4 is 16.4 Å². The highest BCUT2D eigenvalue weighted by molar-refractivity contribution is 6.09. The van der Waals surface area contributed by atoms with Gasteiger partial charge in [-0.05, 0) is 31.2 Å². The van der Waals surface area contributed by atoms with Crippen LogP contribution in [-0.2, 0) is 0 Å². The van der Waals surface area contributed by atoms with E-state index < -0.39 is 18.9 Å². The number of pyridine rings is 2. The molecule has 0 aromatic carbocycles. The van der Waals surface area contributed by atoms with Crippen molar-refractivity contribution in [2.24, 2.45) is 10.7 Å². The van der Waals surface area contributed by atoms with Gasteiger partial charge in [-0.25, -0.2) is 9.37 Å². The number of aliphatic imine (C=N–C) groups is 1. The van der Waals surface area contributed by atoms with Crippen molar-refractivity contribution in [3.63, 3.8) is 0 Å². The maximum Gasteiger partial charge on any atom is 0.407 e. The average molecular weight is 449 g/mol. The zero-order valence-electron chi connectivity index (χ0n) is 17.0. The molecule has 170 valence electrons. The summed E-state index contributed by atoms with van der Waals surface area (Å²) in [5, 5.41) is 13.9. The number of nitrogens with one attached hydrogen (secondary N) is 3. The van der Waals surface area contributed by atoms with E-state index in [-0.39, 0.29) is 17.2 Å². The second kappa shape index (κ2) is 10.3. The maximum atomic E-state index is 14.3. The first-order chi connectivity index (χ1) is 15.3. The molecule has 0 saturated carbocycles. The van der Waals surface area contributed by atoms with E-state index in [1.165, 1.54) is 12.3 Å². The molecule has 5 N–H and O–H groups in total. The molecule has 0 aliphatic carbocycles. The van der Waals surface area contributed by atoms with Crippen LogP contribution in [0.3, 0.4) is 0 Å². The van der Waals surface area contributed by atoms with E-state index in [1.54, 1.807) is 18.2 Å². The number of rotatable bonds is 7. The molecule has 0 amide bonds. The highest BCUT2D eigenvalue weighted by Crippen LogP contribution is 2.27. The van der Waals surface area contributed by atoms with Crippen molar-refractivity contribution in [1.29, 1.82) is 5.41 Å². The smallest absolute Gasteiger partial charge is 0.404 e. The molecule has 11 heteroatoms. The fourth-order valence-electron chi connectivity index (χ4n) is 3.27. The molecule has 2 aromatic rings. The zero-order valence-corrected chi connectivity index (χ0v) is 17.0. The van der Waals surface area contributed by atoms with E-state index in [2.05, 4.69) is 25.6 Å². The van der Waals surface area contributed by atoms with Gasteiger partial charge in [-0.2, -0.15) is 13.2 Å². The molecule has 32 heavy (non-hydrogen) atoms. The number of halogens is 4. The van der Waals surface area contributed by atoms with Crippen LogP contribution in [0, 0.1) is 5.41 Å². The molecule has 2 unspecified atom stereocenters. The number of nitrogens with zero attached hydrogens (tertiary/aromatic N) is 3. The van der Waals surface area contributed by atoms with Gasteiger partial charge in [0.25, 0.3) is 0 Å². The lowest BCUT2D eigenvalue weighted by molar-refractivity contribution is -0.118. The maximum absolute atomic E-state index is 14.3. The number of nitrogens with two attached hydrogens (primary N) is 1. The van der Waals surface area contributed by atoms with Gasteiger partial charge in [-0.15, -0.1) is 0 Å². The molecule has 2 aromatic heterocycles. The standard InChI is InChI=1S/C21H23F4N7/c22-16-4-5-28-11-15(16)17-2-1-3-20(31-17)32-19-6-18(30-10-14(19)8-27)13(7-26)9-29-12-21(23,24)25/h1-3,6-10,15-16,27-28H,4-5,11-12,26H2,(H,30,31,32). The van der Waals surface area contributed by atoms with Gasteiger partial charge in [-0.3, -0.25) is 9.98 Å². The Bertz CT molecular complexity index is 1000. The third kappa shape index (κ3) is 6.10. The summed E-state index contributed by atoms with van der Waals surface area (Å²) in [4.78, 5) is 12.0. The van der Waals surface area contributed by atoms with Crippen molar-refractivity contribution in [2.75, 3.05) is 25.0 Å². The fourth-order valence-corrected chi connectivity index (χ4v) is 3.27. The van der Waals surface area contributed by atoms with Crippen LogP contribution >= 0.6 is 0 Å². The van der Waals surface area contributed by atoms with Gasteiger partial charge < -0.3 is 21.8 Å². The van der Waals surface area contributed by atoms with Crippen LogP contribution in [0.1, 0.15) is 29.3 Å². The zero-order chi connectivity index (χ0) is 23.1. The molecule has 3 heterocycles. The first-order valence-electron chi connectivity index (χ1n) is 9.89. The molecule has 3 rings (SSSR count). The molecule has 1 saturated heterocycles. The van der Waals surface area contributed by atoms with Gasteiger partial charge in [-0.1, -0.05) is 6.07 Å². The van der Waals surface area contributed by atoms with Crippen LogP contribution in [0.4, 0.5) is 29.1 Å². The highest BCUT2D eigenvalue weighted by atomic mass is 19.4. The predicted molar refractivity (Wildman–Crippen MR) is 116 cm³/mol. The number of aromatic nitrogens is 2. The summed E-state index contributed by atoms with van der Waals surface area (Å²) in [5.41, 5.74) is 7.46. The van der Waals surface area contributed by atoms with E-state index in [9.17, 15) is 17.6 Å². The average Bonchev–Trinajstić information content (AvgIpc) is 2.76. The van der Waals surface area contributed by atoms with Crippen molar-refractivity contribution in [1.82, 2.24) is 15.3 Å². The van der Waals surface area contributed by atoms with Crippen molar-refractivity contribution in [3.05, 3.63) is 53.6 Å². The topological polar surface area (TPSA) is 112 Å². The predicted octanol–water partition coefficient (Wildman–Crippen LogP) is 3.57. The van der Waals surface area contributed by atoms with Crippen molar-refractivity contribution >= 4 is 29.5 Å². The lowest BCUT2D eigenvalue weighted by Gasteiger charge is -2.26. The van der Waals surface area contributed by atoms with Crippen LogP contribution in [0.2, 0.25) is 0 Å². The number of hydrogen-bond donors (Lipinski definition) is 4. The van der Waals surface area contributed by atoms with E-state index in [0.29, 0.717) is 42.3 Å². The third-order valence-electron chi connectivity index (χ3n) is 4.88. The Morgan fingerprint density at radius 2 is 2.19 bits per heavy atom. The van der Waals surface area contributed by atoms with Gasteiger partial charge in [0.2, 0.25) is 0 Å². The first kappa shape index (κ1) is 23.3. The van der Waals surface area contributed by atoms with Crippen molar-refractivity contribution in [3.8, 4) is 0 Å². The SMILES string of the molecule is N=Cc1cnc(C(C=NCC(F)(F)F)=CN)cc1Nc1cccc(C2CNCCC2F)n1. The van der Waals surface area contributed by atoms with Gasteiger partial charge in [0.15, 0.2) is 0 Å². The van der Waals surface area contributed by atoms with Crippen LogP contribution in [0.25, 0.3) is 5.57 Å². The summed E-state index contributed by atoms with van der Waals surface area (Å²) in [6.45, 7) is -0.220. The number of alkyl halides is 4. The summed E-state index contributed by atoms with van der Waals surface area (Å²) >= 11 is 0. The lowest BCUT2D eigenvalue weighted by atomic mass is 9.93. The lowest BCUT2D eigenvalue weighted by Crippen LogP contribution is -2.36. The minimum absolute atomic E-state index is 0.184. The Kier molecular flexibility index (Phi) is 7.52. The second-order valence-corrected chi connectivity index (χ2v) is 7.20. The molecule has 0 spiro atoms. The van der Waals surface area contributed by atoms with Gasteiger partial charge in [0.05, 0.1) is 17.1 Å². The molecule has 0 bridgehead atoms. The fraction of sp³-hybridized carbons (Fsp3) is 0.333. The first-order valence-corrected chi connectivity index (χ1v) is 9.89. The Hall–Kier alpha value is -3.34.